The van der Waals surface area contributed by atoms with Crippen molar-refractivity contribution >= 4 is 52.3 Å². The van der Waals surface area contributed by atoms with E-state index in [1.165, 1.54) is 19.2 Å². The number of carbonyl (C=O) groups excluding carboxylic acids is 4. The van der Waals surface area contributed by atoms with Gasteiger partial charge in [-0.1, -0.05) is 59.6 Å². The van der Waals surface area contributed by atoms with Gasteiger partial charge in [-0.3, -0.25) is 19.2 Å². The smallest absolute Gasteiger partial charge is 0.241 e. The summed E-state index contributed by atoms with van der Waals surface area (Å²) in [5, 5.41) is 0.338. The third-order valence-electron chi connectivity index (χ3n) is 7.14. The molecule has 3 aliphatic rings. The van der Waals surface area contributed by atoms with Crippen LogP contribution in [0.15, 0.2) is 66.7 Å². The summed E-state index contributed by atoms with van der Waals surface area (Å²) in [6.07, 6.45) is -1.15. The predicted octanol–water partition coefficient (Wildman–Crippen LogP) is 4.70. The fourth-order valence-corrected chi connectivity index (χ4v) is 5.94. The van der Waals surface area contributed by atoms with Gasteiger partial charge in [0.05, 0.1) is 40.8 Å². The van der Waals surface area contributed by atoms with Crippen LogP contribution >= 0.6 is 23.2 Å². The number of ketones is 2. The van der Waals surface area contributed by atoms with Crippen LogP contribution in [-0.4, -0.2) is 36.1 Å². The number of methoxy groups -OCH3 is 1. The molecule has 3 atom stereocenters. The van der Waals surface area contributed by atoms with E-state index in [2.05, 4.69) is 0 Å². The highest BCUT2D eigenvalue weighted by molar-refractivity contribution is 6.42. The van der Waals surface area contributed by atoms with Crippen molar-refractivity contribution in [1.82, 2.24) is 0 Å². The Balaban J connectivity index is 1.55. The number of fused-ring (bicyclic) bond motifs is 3. The lowest BCUT2D eigenvalue weighted by Crippen LogP contribution is -2.51. The SMILES string of the molecule is COc1ccc(N2C(=O)[C@H]3[C@@H](c4cccc(Cl)c4Cl)OC4(C(=O)c5ccccc5C4=O)[C@@H]3C2=O)cc1. The number of carbonyl (C=O) groups is 4. The molecule has 36 heavy (non-hydrogen) atoms. The topological polar surface area (TPSA) is 90.0 Å². The first-order chi connectivity index (χ1) is 17.3. The molecule has 1 spiro atoms. The van der Waals surface area contributed by atoms with Crippen LogP contribution in [0.1, 0.15) is 32.4 Å². The fraction of sp³-hybridized carbons (Fsp3) is 0.185. The molecule has 6 rings (SSSR count). The molecule has 2 amide bonds. The molecule has 0 bridgehead atoms. The quantitative estimate of drug-likeness (QED) is 0.366. The van der Waals surface area contributed by atoms with Gasteiger partial charge in [-0.25, -0.2) is 4.90 Å². The van der Waals surface area contributed by atoms with Crippen LogP contribution in [0.2, 0.25) is 10.0 Å². The van der Waals surface area contributed by atoms with Crippen molar-refractivity contribution in [3.8, 4) is 5.75 Å². The molecule has 2 saturated heterocycles. The molecule has 0 unspecified atom stereocenters. The molecule has 180 valence electrons. The first kappa shape index (κ1) is 22.9. The monoisotopic (exact) mass is 521 g/mol. The highest BCUT2D eigenvalue weighted by Crippen LogP contribution is 2.58. The summed E-state index contributed by atoms with van der Waals surface area (Å²) in [7, 11) is 1.50. The molecule has 2 aliphatic heterocycles. The molecule has 0 saturated carbocycles. The third kappa shape index (κ3) is 2.85. The fourth-order valence-electron chi connectivity index (χ4n) is 5.53. The molecule has 0 N–H and O–H groups in total. The van der Waals surface area contributed by atoms with E-state index in [0.717, 1.165) is 4.90 Å². The molecule has 0 aromatic heterocycles. The molecule has 3 aromatic rings. The number of hydrogen-bond acceptors (Lipinski definition) is 6. The van der Waals surface area contributed by atoms with Crippen LogP contribution in [0.5, 0.6) is 5.75 Å². The average Bonchev–Trinajstić information content (AvgIpc) is 3.46. The van der Waals surface area contributed by atoms with E-state index < -0.39 is 46.9 Å². The maximum absolute atomic E-state index is 13.9. The second-order valence-electron chi connectivity index (χ2n) is 8.83. The van der Waals surface area contributed by atoms with Crippen molar-refractivity contribution in [1.29, 1.82) is 0 Å². The van der Waals surface area contributed by atoms with Gasteiger partial charge in [-0.05, 0) is 30.3 Å². The number of hydrogen-bond donors (Lipinski definition) is 0. The summed E-state index contributed by atoms with van der Waals surface area (Å²) < 4.78 is 11.4. The van der Waals surface area contributed by atoms with Crippen LogP contribution in [0.4, 0.5) is 5.69 Å². The summed E-state index contributed by atoms with van der Waals surface area (Å²) in [6, 6.07) is 17.5. The number of ether oxygens (including phenoxy) is 2. The van der Waals surface area contributed by atoms with Crippen LogP contribution in [0.25, 0.3) is 0 Å². The zero-order chi connectivity index (χ0) is 25.4. The Bertz CT molecular complexity index is 1450. The Labute approximate surface area is 215 Å². The number of benzene rings is 3. The Hall–Kier alpha value is -3.52. The Kier molecular flexibility index (Phi) is 5.09. The molecule has 1 aliphatic carbocycles. The molecule has 7 nitrogen and oxygen atoms in total. The van der Waals surface area contributed by atoms with E-state index >= 15 is 0 Å². The van der Waals surface area contributed by atoms with E-state index in [-0.39, 0.29) is 21.2 Å². The lowest BCUT2D eigenvalue weighted by Gasteiger charge is -2.27. The second kappa shape index (κ2) is 8.00. The van der Waals surface area contributed by atoms with Crippen molar-refractivity contribution in [2.24, 2.45) is 11.8 Å². The second-order valence-corrected chi connectivity index (χ2v) is 9.62. The largest absolute Gasteiger partial charge is 0.497 e. The maximum Gasteiger partial charge on any atom is 0.241 e. The molecular formula is C27H17Cl2NO6. The summed E-state index contributed by atoms with van der Waals surface area (Å²) >= 11 is 12.7. The van der Waals surface area contributed by atoms with Gasteiger partial charge >= 0.3 is 0 Å². The molecular weight excluding hydrogens is 505 g/mol. The minimum absolute atomic E-state index is 0.124. The van der Waals surface area contributed by atoms with Crippen molar-refractivity contribution in [2.75, 3.05) is 12.0 Å². The Morgan fingerprint density at radius 1 is 0.833 bits per heavy atom. The van der Waals surface area contributed by atoms with Gasteiger partial charge in [-0.2, -0.15) is 0 Å². The van der Waals surface area contributed by atoms with Crippen LogP contribution in [0.3, 0.4) is 0 Å². The number of nitrogens with zero attached hydrogens (tertiary/aromatic N) is 1. The van der Waals surface area contributed by atoms with Gasteiger partial charge in [0.2, 0.25) is 29.0 Å². The summed E-state index contributed by atoms with van der Waals surface area (Å²) in [6.45, 7) is 0. The first-order valence-corrected chi connectivity index (χ1v) is 11.9. The normalized spacial score (nSPS) is 24.0. The van der Waals surface area contributed by atoms with Gasteiger partial charge in [0.25, 0.3) is 0 Å². The summed E-state index contributed by atoms with van der Waals surface area (Å²) in [5.74, 6) is -4.57. The van der Waals surface area contributed by atoms with E-state index in [1.54, 1.807) is 54.6 Å². The van der Waals surface area contributed by atoms with Gasteiger partial charge < -0.3 is 9.47 Å². The first-order valence-electron chi connectivity index (χ1n) is 11.1. The lowest BCUT2D eigenvalue weighted by molar-refractivity contribution is -0.127. The Morgan fingerprint density at radius 2 is 1.47 bits per heavy atom. The minimum atomic E-state index is -2.18. The average molecular weight is 522 g/mol. The van der Waals surface area contributed by atoms with Gasteiger partial charge in [0, 0.05) is 16.7 Å². The number of rotatable bonds is 3. The van der Waals surface area contributed by atoms with E-state index in [0.29, 0.717) is 17.0 Å². The lowest BCUT2D eigenvalue weighted by atomic mass is 9.77. The van der Waals surface area contributed by atoms with Crippen molar-refractivity contribution < 1.29 is 28.7 Å². The van der Waals surface area contributed by atoms with E-state index in [4.69, 9.17) is 32.7 Å². The Morgan fingerprint density at radius 3 is 2.08 bits per heavy atom. The van der Waals surface area contributed by atoms with Gasteiger partial charge in [0.15, 0.2) is 0 Å². The summed E-state index contributed by atoms with van der Waals surface area (Å²) in [5.41, 5.74) is -1.25. The minimum Gasteiger partial charge on any atom is -0.497 e. The molecule has 9 heteroatoms. The highest BCUT2D eigenvalue weighted by Gasteiger charge is 2.75. The van der Waals surface area contributed by atoms with E-state index in [1.807, 2.05) is 0 Å². The number of imide groups is 1. The zero-order valence-corrected chi connectivity index (χ0v) is 20.2. The van der Waals surface area contributed by atoms with Gasteiger partial charge in [-0.15, -0.1) is 0 Å². The van der Waals surface area contributed by atoms with Crippen LogP contribution < -0.4 is 9.64 Å². The number of halogens is 2. The standard InChI is InChI=1S/C27H17Cl2NO6/c1-35-14-11-9-13(10-12-14)30-25(33)19-20(26(30)34)27(23(31)15-5-2-3-6-16(15)24(27)32)36-22(19)17-7-4-8-18(28)21(17)29/h2-12,19-20,22H,1H3/t19-,20+,22-/m1/s1. The van der Waals surface area contributed by atoms with Crippen molar-refractivity contribution in [3.05, 3.63) is 93.5 Å². The van der Waals surface area contributed by atoms with Crippen LogP contribution in [0, 0.1) is 11.8 Å². The van der Waals surface area contributed by atoms with E-state index in [9.17, 15) is 19.2 Å². The van der Waals surface area contributed by atoms with Crippen LogP contribution in [-0.2, 0) is 14.3 Å². The zero-order valence-electron chi connectivity index (χ0n) is 18.7. The molecule has 2 heterocycles. The van der Waals surface area contributed by atoms with Gasteiger partial charge in [0.1, 0.15) is 5.75 Å². The number of Topliss-reactive ketones (excluding diaryl/α,β-unsaturated/α-hetero) is 2. The number of anilines is 1. The molecule has 3 aromatic carbocycles. The predicted molar refractivity (Wildman–Crippen MR) is 131 cm³/mol. The molecule has 0 radical (unpaired) electrons. The van der Waals surface area contributed by atoms with Crippen molar-refractivity contribution in [3.63, 3.8) is 0 Å². The maximum atomic E-state index is 13.9. The van der Waals surface area contributed by atoms with Crippen molar-refractivity contribution in [2.45, 2.75) is 11.7 Å². The molecule has 2 fully saturated rings. The highest BCUT2D eigenvalue weighted by atomic mass is 35.5. The summed E-state index contributed by atoms with van der Waals surface area (Å²) in [4.78, 5) is 56.3. The number of amides is 2. The third-order valence-corrected chi connectivity index (χ3v) is 7.97.